The zero-order valence-corrected chi connectivity index (χ0v) is 12.3. The third-order valence-corrected chi connectivity index (χ3v) is 2.81. The van der Waals surface area contributed by atoms with Crippen LogP contribution in [0.2, 0.25) is 0 Å². The molecular formula is C13H22O3S. The van der Waals surface area contributed by atoms with Gasteiger partial charge in [-0.05, 0) is 17.9 Å². The number of hydrogen-bond donors (Lipinski definition) is 0. The molecular weight excluding hydrogens is 236 g/mol. The van der Waals surface area contributed by atoms with Gasteiger partial charge in [-0.25, -0.2) is 0 Å². The van der Waals surface area contributed by atoms with Crippen molar-refractivity contribution in [1.82, 2.24) is 0 Å². The normalized spacial score (nSPS) is 9.06. The number of ether oxygens (including phenoxy) is 3. The molecule has 1 aromatic carbocycles. The molecule has 98 valence electrons. The van der Waals surface area contributed by atoms with E-state index in [-0.39, 0.29) is 0 Å². The van der Waals surface area contributed by atoms with Crippen LogP contribution in [0, 0.1) is 0 Å². The van der Waals surface area contributed by atoms with Crippen LogP contribution in [0.4, 0.5) is 0 Å². The molecule has 3 nitrogen and oxygen atoms in total. The minimum Gasteiger partial charge on any atom is -0.493 e. The smallest absolute Gasteiger partial charge is 0.203 e. The molecule has 0 unspecified atom stereocenters. The molecule has 17 heavy (non-hydrogen) atoms. The van der Waals surface area contributed by atoms with Crippen molar-refractivity contribution >= 4 is 11.8 Å². The van der Waals surface area contributed by atoms with E-state index in [1.807, 2.05) is 26.0 Å². The van der Waals surface area contributed by atoms with E-state index in [0.717, 1.165) is 10.6 Å². The molecule has 0 aliphatic heterocycles. The van der Waals surface area contributed by atoms with Gasteiger partial charge in [0, 0.05) is 4.90 Å². The van der Waals surface area contributed by atoms with E-state index in [0.29, 0.717) is 17.2 Å². The molecule has 1 rings (SSSR count). The fraction of sp³-hybridized carbons (Fsp3) is 0.538. The Hall–Kier alpha value is -1.03. The summed E-state index contributed by atoms with van der Waals surface area (Å²) in [5.41, 5.74) is 0. The van der Waals surface area contributed by atoms with Crippen LogP contribution in [0.1, 0.15) is 20.8 Å². The summed E-state index contributed by atoms with van der Waals surface area (Å²) in [6.45, 7) is 6.11. The molecule has 0 aliphatic rings. The lowest BCUT2D eigenvalue weighted by atomic mass is 10.3. The van der Waals surface area contributed by atoms with Crippen LogP contribution in [-0.2, 0) is 0 Å². The van der Waals surface area contributed by atoms with E-state index in [1.165, 1.54) is 0 Å². The second-order valence-electron chi connectivity index (χ2n) is 2.79. The standard InChI is InChI=1S/C11H16O3S.C2H6/c1-5-15-8-6-9(12-2)11(14-4)10(7-8)13-3;1-2/h6-7H,5H2,1-4H3;1-2H3. The van der Waals surface area contributed by atoms with Crippen LogP contribution < -0.4 is 14.2 Å². The molecule has 0 fully saturated rings. The maximum atomic E-state index is 5.25. The van der Waals surface area contributed by atoms with Crippen LogP contribution in [0.3, 0.4) is 0 Å². The quantitative estimate of drug-likeness (QED) is 0.750. The molecule has 0 aliphatic carbocycles. The minimum absolute atomic E-state index is 0.639. The molecule has 4 heteroatoms. The van der Waals surface area contributed by atoms with Crippen molar-refractivity contribution in [3.8, 4) is 17.2 Å². The Morgan fingerprint density at radius 3 is 1.71 bits per heavy atom. The van der Waals surface area contributed by atoms with Gasteiger partial charge in [0.25, 0.3) is 0 Å². The lowest BCUT2D eigenvalue weighted by Gasteiger charge is -2.13. The number of hydrogen-bond acceptors (Lipinski definition) is 4. The predicted octanol–water partition coefficient (Wildman–Crippen LogP) is 3.85. The van der Waals surface area contributed by atoms with Crippen molar-refractivity contribution in [3.63, 3.8) is 0 Å². The van der Waals surface area contributed by atoms with Gasteiger partial charge in [0.05, 0.1) is 21.3 Å². The number of benzene rings is 1. The molecule has 0 heterocycles. The molecule has 0 amide bonds. The van der Waals surface area contributed by atoms with Gasteiger partial charge in [-0.2, -0.15) is 0 Å². The first-order chi connectivity index (χ1) is 8.26. The summed E-state index contributed by atoms with van der Waals surface area (Å²) in [5, 5.41) is 0. The number of thioether (sulfide) groups is 1. The summed E-state index contributed by atoms with van der Waals surface area (Å²) in [4.78, 5) is 1.12. The van der Waals surface area contributed by atoms with Gasteiger partial charge >= 0.3 is 0 Å². The molecule has 0 saturated heterocycles. The molecule has 0 spiro atoms. The first kappa shape index (κ1) is 16.0. The van der Waals surface area contributed by atoms with E-state index < -0.39 is 0 Å². The maximum absolute atomic E-state index is 5.25. The van der Waals surface area contributed by atoms with E-state index >= 15 is 0 Å². The first-order valence-corrected chi connectivity index (χ1v) is 6.68. The van der Waals surface area contributed by atoms with Gasteiger partial charge < -0.3 is 14.2 Å². The summed E-state index contributed by atoms with van der Waals surface area (Å²) >= 11 is 1.74. The van der Waals surface area contributed by atoms with Crippen LogP contribution in [0.15, 0.2) is 17.0 Å². The van der Waals surface area contributed by atoms with E-state index in [9.17, 15) is 0 Å². The van der Waals surface area contributed by atoms with Crippen LogP contribution in [0.25, 0.3) is 0 Å². The highest BCUT2D eigenvalue weighted by molar-refractivity contribution is 7.99. The Kier molecular flexibility index (Phi) is 8.50. The second-order valence-corrected chi connectivity index (χ2v) is 4.13. The Bertz CT molecular complexity index is 301. The highest BCUT2D eigenvalue weighted by Gasteiger charge is 2.12. The van der Waals surface area contributed by atoms with Crippen molar-refractivity contribution in [1.29, 1.82) is 0 Å². The van der Waals surface area contributed by atoms with Gasteiger partial charge in [-0.15, -0.1) is 11.8 Å². The fourth-order valence-electron chi connectivity index (χ4n) is 1.31. The lowest BCUT2D eigenvalue weighted by molar-refractivity contribution is 0.323. The Balaban J connectivity index is 0.00000121. The average molecular weight is 258 g/mol. The molecule has 0 atom stereocenters. The summed E-state index contributed by atoms with van der Waals surface area (Å²) in [7, 11) is 4.85. The SMILES string of the molecule is CC.CCSc1cc(OC)c(OC)c(OC)c1. The van der Waals surface area contributed by atoms with E-state index in [4.69, 9.17) is 14.2 Å². The summed E-state index contributed by atoms with van der Waals surface area (Å²) in [5.74, 6) is 3.06. The largest absolute Gasteiger partial charge is 0.493 e. The van der Waals surface area contributed by atoms with Gasteiger partial charge in [0.1, 0.15) is 0 Å². The molecule has 0 aromatic heterocycles. The summed E-state index contributed by atoms with van der Waals surface area (Å²) < 4.78 is 15.7. The third kappa shape index (κ3) is 4.38. The Labute approximate surface area is 108 Å². The second kappa shape index (κ2) is 9.05. The zero-order valence-electron chi connectivity index (χ0n) is 11.5. The highest BCUT2D eigenvalue weighted by atomic mass is 32.2. The van der Waals surface area contributed by atoms with Crippen LogP contribution >= 0.6 is 11.8 Å². The highest BCUT2D eigenvalue weighted by Crippen LogP contribution is 2.40. The van der Waals surface area contributed by atoms with E-state index in [1.54, 1.807) is 33.1 Å². The molecule has 1 aromatic rings. The van der Waals surface area contributed by atoms with Crippen molar-refractivity contribution < 1.29 is 14.2 Å². The van der Waals surface area contributed by atoms with E-state index in [2.05, 4.69) is 6.92 Å². The lowest BCUT2D eigenvalue weighted by Crippen LogP contribution is -1.95. The minimum atomic E-state index is 0.639. The van der Waals surface area contributed by atoms with Gasteiger partial charge in [0.2, 0.25) is 5.75 Å². The Morgan fingerprint density at radius 1 is 0.941 bits per heavy atom. The third-order valence-electron chi connectivity index (χ3n) is 1.95. The maximum Gasteiger partial charge on any atom is 0.203 e. The number of methoxy groups -OCH3 is 3. The molecule has 0 saturated carbocycles. The first-order valence-electron chi connectivity index (χ1n) is 5.69. The van der Waals surface area contributed by atoms with Crippen molar-refractivity contribution in [3.05, 3.63) is 12.1 Å². The van der Waals surface area contributed by atoms with Gasteiger partial charge in [-0.1, -0.05) is 20.8 Å². The fourth-order valence-corrected chi connectivity index (χ4v) is 2.02. The van der Waals surface area contributed by atoms with Crippen molar-refractivity contribution in [2.45, 2.75) is 25.7 Å². The predicted molar refractivity (Wildman–Crippen MR) is 73.8 cm³/mol. The summed E-state index contributed by atoms with van der Waals surface area (Å²) in [6, 6.07) is 3.91. The Morgan fingerprint density at radius 2 is 1.41 bits per heavy atom. The molecule has 0 bridgehead atoms. The number of rotatable bonds is 5. The summed E-state index contributed by atoms with van der Waals surface area (Å²) in [6.07, 6.45) is 0. The van der Waals surface area contributed by atoms with Crippen molar-refractivity contribution in [2.24, 2.45) is 0 Å². The van der Waals surface area contributed by atoms with Crippen molar-refractivity contribution in [2.75, 3.05) is 27.1 Å². The van der Waals surface area contributed by atoms with Gasteiger partial charge in [0.15, 0.2) is 11.5 Å². The topological polar surface area (TPSA) is 27.7 Å². The average Bonchev–Trinajstić information content (AvgIpc) is 2.40. The van der Waals surface area contributed by atoms with Crippen LogP contribution in [-0.4, -0.2) is 27.1 Å². The van der Waals surface area contributed by atoms with Crippen LogP contribution in [0.5, 0.6) is 17.2 Å². The molecule has 0 radical (unpaired) electrons. The monoisotopic (exact) mass is 258 g/mol. The molecule has 0 N–H and O–H groups in total. The van der Waals surface area contributed by atoms with Gasteiger partial charge in [-0.3, -0.25) is 0 Å². The zero-order chi connectivity index (χ0) is 13.3.